The number of aliphatic hydroxyl groups excluding tert-OH is 1. The van der Waals surface area contributed by atoms with Gasteiger partial charge in [0.05, 0.1) is 23.6 Å². The first kappa shape index (κ1) is 12.9. The number of aromatic nitrogens is 1. The van der Waals surface area contributed by atoms with Gasteiger partial charge in [0.1, 0.15) is 6.61 Å². The number of hydrogen-bond acceptors (Lipinski definition) is 5. The van der Waals surface area contributed by atoms with Gasteiger partial charge in [0, 0.05) is 6.20 Å². The van der Waals surface area contributed by atoms with Crippen LogP contribution in [0.2, 0.25) is 0 Å². The Kier molecular flexibility index (Phi) is 4.55. The minimum atomic E-state index is -0.00476. The van der Waals surface area contributed by atoms with E-state index in [9.17, 15) is 0 Å². The number of thiazole rings is 1. The molecule has 0 fully saturated rings. The summed E-state index contributed by atoms with van der Waals surface area (Å²) in [4.78, 5) is 5.05. The second-order valence-electron chi connectivity index (χ2n) is 3.63. The highest BCUT2D eigenvalue weighted by molar-refractivity contribution is 7.09. The Labute approximate surface area is 110 Å². The molecule has 1 N–H and O–H groups in total. The Hall–Kier alpha value is -1.59. The standard InChI is InChI=1S/C13H15NO3S/c1-2-16-13-5-10(7-15)3-4-12(13)17-8-11-6-14-9-18-11/h3-6,9,15H,2,7-8H2,1H3. The fraction of sp³-hybridized carbons (Fsp3) is 0.308. The molecule has 4 nitrogen and oxygen atoms in total. The van der Waals surface area contributed by atoms with E-state index in [1.54, 1.807) is 29.1 Å². The molecule has 5 heteroatoms. The van der Waals surface area contributed by atoms with Crippen LogP contribution >= 0.6 is 11.3 Å². The third kappa shape index (κ3) is 3.21. The van der Waals surface area contributed by atoms with E-state index in [2.05, 4.69) is 4.98 Å². The zero-order chi connectivity index (χ0) is 12.8. The van der Waals surface area contributed by atoms with Crippen molar-refractivity contribution < 1.29 is 14.6 Å². The summed E-state index contributed by atoms with van der Waals surface area (Å²) >= 11 is 1.55. The fourth-order valence-corrected chi connectivity index (χ4v) is 2.01. The molecule has 1 heterocycles. The first-order valence-electron chi connectivity index (χ1n) is 5.70. The van der Waals surface area contributed by atoms with Crippen molar-refractivity contribution in [3.05, 3.63) is 40.3 Å². The maximum absolute atomic E-state index is 9.10. The first-order valence-corrected chi connectivity index (χ1v) is 6.58. The molecular formula is C13H15NO3S. The fourth-order valence-electron chi connectivity index (χ4n) is 1.50. The summed E-state index contributed by atoms with van der Waals surface area (Å²) < 4.78 is 11.2. The minimum absolute atomic E-state index is 0.00476. The molecule has 1 aromatic carbocycles. The van der Waals surface area contributed by atoms with Crippen LogP contribution in [0, 0.1) is 0 Å². The van der Waals surface area contributed by atoms with Gasteiger partial charge in [-0.05, 0) is 24.6 Å². The summed E-state index contributed by atoms with van der Waals surface area (Å²) in [5.74, 6) is 1.34. The number of nitrogens with zero attached hydrogens (tertiary/aromatic N) is 1. The number of ether oxygens (including phenoxy) is 2. The molecule has 0 aliphatic carbocycles. The van der Waals surface area contributed by atoms with Crippen molar-refractivity contribution in [2.45, 2.75) is 20.1 Å². The van der Waals surface area contributed by atoms with E-state index in [0.29, 0.717) is 24.7 Å². The third-order valence-electron chi connectivity index (χ3n) is 2.34. The van der Waals surface area contributed by atoms with Gasteiger partial charge in [0.25, 0.3) is 0 Å². The molecule has 18 heavy (non-hydrogen) atoms. The van der Waals surface area contributed by atoms with Crippen LogP contribution in [0.25, 0.3) is 0 Å². The van der Waals surface area contributed by atoms with Gasteiger partial charge in [-0.2, -0.15) is 0 Å². The summed E-state index contributed by atoms with van der Waals surface area (Å²) in [6.07, 6.45) is 1.78. The second-order valence-corrected chi connectivity index (χ2v) is 4.60. The molecule has 0 bridgehead atoms. The summed E-state index contributed by atoms with van der Waals surface area (Å²) in [5, 5.41) is 9.10. The average Bonchev–Trinajstić information content (AvgIpc) is 2.90. The number of hydrogen-bond donors (Lipinski definition) is 1. The van der Waals surface area contributed by atoms with Crippen LogP contribution in [-0.2, 0) is 13.2 Å². The van der Waals surface area contributed by atoms with Crippen LogP contribution in [0.1, 0.15) is 17.4 Å². The first-order chi connectivity index (χ1) is 8.83. The maximum Gasteiger partial charge on any atom is 0.161 e. The van der Waals surface area contributed by atoms with Crippen molar-refractivity contribution in [1.29, 1.82) is 0 Å². The molecule has 0 atom stereocenters. The number of benzene rings is 1. The highest BCUT2D eigenvalue weighted by Gasteiger charge is 2.07. The lowest BCUT2D eigenvalue weighted by Crippen LogP contribution is -1.99. The van der Waals surface area contributed by atoms with E-state index in [1.165, 1.54) is 0 Å². The van der Waals surface area contributed by atoms with Crippen LogP contribution in [0.5, 0.6) is 11.5 Å². The van der Waals surface area contributed by atoms with Gasteiger partial charge in [-0.1, -0.05) is 6.07 Å². The van der Waals surface area contributed by atoms with Crippen molar-refractivity contribution >= 4 is 11.3 Å². The van der Waals surface area contributed by atoms with E-state index in [0.717, 1.165) is 10.4 Å². The highest BCUT2D eigenvalue weighted by atomic mass is 32.1. The Morgan fingerprint density at radius 1 is 1.28 bits per heavy atom. The highest BCUT2D eigenvalue weighted by Crippen LogP contribution is 2.29. The monoisotopic (exact) mass is 265 g/mol. The van der Waals surface area contributed by atoms with Gasteiger partial charge in [0.2, 0.25) is 0 Å². The average molecular weight is 265 g/mol. The van der Waals surface area contributed by atoms with Gasteiger partial charge in [0.15, 0.2) is 11.5 Å². The van der Waals surface area contributed by atoms with Crippen LogP contribution in [-0.4, -0.2) is 16.7 Å². The van der Waals surface area contributed by atoms with Crippen molar-refractivity contribution in [3.8, 4) is 11.5 Å². The molecule has 0 amide bonds. The molecule has 0 unspecified atom stereocenters. The lowest BCUT2D eigenvalue weighted by Gasteiger charge is -2.12. The lowest BCUT2D eigenvalue weighted by molar-refractivity contribution is 0.265. The van der Waals surface area contributed by atoms with Crippen molar-refractivity contribution in [1.82, 2.24) is 4.98 Å². The summed E-state index contributed by atoms with van der Waals surface area (Å²) in [7, 11) is 0. The Morgan fingerprint density at radius 2 is 2.17 bits per heavy atom. The summed E-state index contributed by atoms with van der Waals surface area (Å²) in [5.41, 5.74) is 2.58. The van der Waals surface area contributed by atoms with E-state index < -0.39 is 0 Å². The third-order valence-corrected chi connectivity index (χ3v) is 3.10. The molecule has 0 saturated heterocycles. The molecule has 0 saturated carbocycles. The van der Waals surface area contributed by atoms with E-state index in [-0.39, 0.29) is 6.61 Å². The Bertz CT molecular complexity index is 485. The van der Waals surface area contributed by atoms with Crippen LogP contribution < -0.4 is 9.47 Å². The van der Waals surface area contributed by atoms with Gasteiger partial charge in [-0.15, -0.1) is 11.3 Å². The van der Waals surface area contributed by atoms with E-state index in [4.69, 9.17) is 14.6 Å². The van der Waals surface area contributed by atoms with E-state index >= 15 is 0 Å². The molecule has 1 aromatic heterocycles. The minimum Gasteiger partial charge on any atom is -0.490 e. The molecular weight excluding hydrogens is 250 g/mol. The number of rotatable bonds is 6. The lowest BCUT2D eigenvalue weighted by atomic mass is 10.2. The van der Waals surface area contributed by atoms with Crippen LogP contribution in [0.15, 0.2) is 29.9 Å². The normalized spacial score (nSPS) is 10.3. The van der Waals surface area contributed by atoms with E-state index in [1.807, 2.05) is 19.1 Å². The zero-order valence-electron chi connectivity index (χ0n) is 10.1. The Morgan fingerprint density at radius 3 is 2.83 bits per heavy atom. The van der Waals surface area contributed by atoms with Crippen molar-refractivity contribution in [2.24, 2.45) is 0 Å². The molecule has 0 aliphatic heterocycles. The maximum atomic E-state index is 9.10. The van der Waals surface area contributed by atoms with Crippen molar-refractivity contribution in [3.63, 3.8) is 0 Å². The van der Waals surface area contributed by atoms with Crippen molar-refractivity contribution in [2.75, 3.05) is 6.61 Å². The summed E-state index contributed by atoms with van der Waals surface area (Å²) in [6, 6.07) is 5.44. The largest absolute Gasteiger partial charge is 0.490 e. The smallest absolute Gasteiger partial charge is 0.161 e. The SMILES string of the molecule is CCOc1cc(CO)ccc1OCc1cncs1. The molecule has 96 valence electrons. The van der Waals surface area contributed by atoms with Gasteiger partial charge < -0.3 is 14.6 Å². The second kappa shape index (κ2) is 6.37. The topological polar surface area (TPSA) is 51.6 Å². The van der Waals surface area contributed by atoms with Crippen LogP contribution in [0.3, 0.4) is 0 Å². The van der Waals surface area contributed by atoms with Gasteiger partial charge in [-0.25, -0.2) is 0 Å². The number of aliphatic hydroxyl groups is 1. The van der Waals surface area contributed by atoms with Gasteiger partial charge in [-0.3, -0.25) is 4.98 Å². The Balaban J connectivity index is 2.10. The predicted molar refractivity (Wildman–Crippen MR) is 70.0 cm³/mol. The molecule has 0 aliphatic rings. The molecule has 2 rings (SSSR count). The molecule has 2 aromatic rings. The molecule has 0 spiro atoms. The molecule has 0 radical (unpaired) electrons. The summed E-state index contributed by atoms with van der Waals surface area (Å²) in [6.45, 7) is 2.95. The van der Waals surface area contributed by atoms with Crippen LogP contribution in [0.4, 0.5) is 0 Å². The predicted octanol–water partition coefficient (Wildman–Crippen LogP) is 2.61. The zero-order valence-corrected chi connectivity index (χ0v) is 10.9. The quantitative estimate of drug-likeness (QED) is 0.872. The van der Waals surface area contributed by atoms with Gasteiger partial charge >= 0.3 is 0 Å².